The lowest BCUT2D eigenvalue weighted by molar-refractivity contribution is -0.118. The average molecular weight is 264 g/mol. The molecule has 0 aromatic carbocycles. The van der Waals surface area contributed by atoms with Crippen LogP contribution in [0.1, 0.15) is 52.0 Å². The predicted molar refractivity (Wildman–Crippen MR) is 75.8 cm³/mol. The molecule has 1 saturated carbocycles. The van der Waals surface area contributed by atoms with Gasteiger partial charge in [-0.25, -0.2) is 0 Å². The zero-order chi connectivity index (χ0) is 13.8. The molecule has 0 saturated heterocycles. The van der Waals surface area contributed by atoms with E-state index in [9.17, 15) is 4.79 Å². The molecule has 3 N–H and O–H groups in total. The van der Waals surface area contributed by atoms with Crippen molar-refractivity contribution in [3.8, 4) is 0 Å². The summed E-state index contributed by atoms with van der Waals surface area (Å²) in [6.07, 6.45) is 9.31. The quantitative estimate of drug-likeness (QED) is 0.876. The molecular weight excluding hydrogens is 240 g/mol. The zero-order valence-corrected chi connectivity index (χ0v) is 11.8. The lowest BCUT2D eigenvalue weighted by Gasteiger charge is -2.26. The van der Waals surface area contributed by atoms with Crippen LogP contribution in [0.15, 0.2) is 12.4 Å². The Bertz CT molecular complexity index is 421. The molecule has 106 valence electrons. The second kappa shape index (κ2) is 6.19. The summed E-state index contributed by atoms with van der Waals surface area (Å²) in [5, 5.41) is 7.07. The van der Waals surface area contributed by atoms with Gasteiger partial charge in [0.1, 0.15) is 0 Å². The van der Waals surface area contributed by atoms with Crippen molar-refractivity contribution in [1.82, 2.24) is 9.78 Å². The van der Waals surface area contributed by atoms with E-state index >= 15 is 0 Å². The summed E-state index contributed by atoms with van der Waals surface area (Å²) in [5.41, 5.74) is 6.79. The van der Waals surface area contributed by atoms with Gasteiger partial charge in [-0.3, -0.25) is 9.48 Å². The van der Waals surface area contributed by atoms with Crippen molar-refractivity contribution < 1.29 is 4.79 Å². The number of nitrogens with one attached hydrogen (secondary N) is 1. The highest BCUT2D eigenvalue weighted by molar-refractivity contribution is 5.94. The molecule has 0 unspecified atom stereocenters. The Morgan fingerprint density at radius 1 is 1.42 bits per heavy atom. The molecule has 0 spiro atoms. The molecule has 0 radical (unpaired) electrons. The Labute approximate surface area is 114 Å². The molecule has 1 amide bonds. The number of amides is 1. The summed E-state index contributed by atoms with van der Waals surface area (Å²) in [6, 6.07) is -0.111. The first-order valence-corrected chi connectivity index (χ1v) is 7.18. The minimum absolute atomic E-state index is 0.0878. The number of anilines is 1. The number of aromatic nitrogens is 2. The van der Waals surface area contributed by atoms with Gasteiger partial charge >= 0.3 is 0 Å². The van der Waals surface area contributed by atoms with Gasteiger partial charge in [-0.2, -0.15) is 5.10 Å². The first-order chi connectivity index (χ1) is 9.08. The SMILES string of the molecule is CC(C)n1cc(NC(=O)[C@@H](N)C2CCCCC2)cn1. The maximum Gasteiger partial charge on any atom is 0.241 e. The van der Waals surface area contributed by atoms with Crippen LogP contribution < -0.4 is 11.1 Å². The maximum absolute atomic E-state index is 12.1. The van der Waals surface area contributed by atoms with Crippen LogP contribution in [0, 0.1) is 5.92 Å². The number of carbonyl (C=O) groups excluding carboxylic acids is 1. The Kier molecular flexibility index (Phi) is 4.58. The van der Waals surface area contributed by atoms with Crippen LogP contribution in [0.5, 0.6) is 0 Å². The molecule has 1 fully saturated rings. The third kappa shape index (κ3) is 3.56. The van der Waals surface area contributed by atoms with Crippen molar-refractivity contribution in [3.05, 3.63) is 12.4 Å². The molecule has 1 atom stereocenters. The molecule has 19 heavy (non-hydrogen) atoms. The normalized spacial score (nSPS) is 18.5. The van der Waals surface area contributed by atoms with Gasteiger partial charge in [-0.05, 0) is 32.6 Å². The van der Waals surface area contributed by atoms with E-state index in [4.69, 9.17) is 5.73 Å². The molecule has 5 heteroatoms. The number of nitrogens with two attached hydrogens (primary N) is 1. The molecular formula is C14H24N4O. The van der Waals surface area contributed by atoms with E-state index < -0.39 is 6.04 Å². The smallest absolute Gasteiger partial charge is 0.241 e. The summed E-state index contributed by atoms with van der Waals surface area (Å²) in [4.78, 5) is 12.1. The minimum Gasteiger partial charge on any atom is -0.322 e. The van der Waals surface area contributed by atoms with E-state index in [1.54, 1.807) is 6.20 Å². The third-order valence-corrected chi connectivity index (χ3v) is 3.86. The second-order valence-electron chi connectivity index (χ2n) is 5.72. The van der Waals surface area contributed by atoms with E-state index in [0.29, 0.717) is 5.92 Å². The van der Waals surface area contributed by atoms with E-state index in [0.717, 1.165) is 18.5 Å². The Morgan fingerprint density at radius 2 is 2.11 bits per heavy atom. The zero-order valence-electron chi connectivity index (χ0n) is 11.8. The number of rotatable bonds is 4. The monoisotopic (exact) mass is 264 g/mol. The number of hydrogen-bond acceptors (Lipinski definition) is 3. The van der Waals surface area contributed by atoms with Gasteiger partial charge in [0.05, 0.1) is 17.9 Å². The molecule has 0 bridgehead atoms. The van der Waals surface area contributed by atoms with Gasteiger partial charge < -0.3 is 11.1 Å². The third-order valence-electron chi connectivity index (χ3n) is 3.86. The average Bonchev–Trinajstić information content (AvgIpc) is 2.87. The van der Waals surface area contributed by atoms with Crippen molar-refractivity contribution in [1.29, 1.82) is 0 Å². The van der Waals surface area contributed by atoms with Gasteiger partial charge in [0, 0.05) is 12.2 Å². The second-order valence-corrected chi connectivity index (χ2v) is 5.72. The summed E-state index contributed by atoms with van der Waals surface area (Å²) in [5.74, 6) is 0.240. The van der Waals surface area contributed by atoms with Crippen LogP contribution in [-0.4, -0.2) is 21.7 Å². The highest BCUT2D eigenvalue weighted by atomic mass is 16.2. The highest BCUT2D eigenvalue weighted by Gasteiger charge is 2.26. The van der Waals surface area contributed by atoms with Crippen molar-refractivity contribution >= 4 is 11.6 Å². The summed E-state index contributed by atoms with van der Waals surface area (Å²) >= 11 is 0. The van der Waals surface area contributed by atoms with Crippen LogP contribution in [0.2, 0.25) is 0 Å². The largest absolute Gasteiger partial charge is 0.322 e. The van der Waals surface area contributed by atoms with Crippen LogP contribution in [0.4, 0.5) is 5.69 Å². The Hall–Kier alpha value is -1.36. The molecule has 2 rings (SSSR count). The molecule has 1 aromatic heterocycles. The summed E-state index contributed by atoms with van der Waals surface area (Å²) in [6.45, 7) is 4.10. The van der Waals surface area contributed by atoms with Crippen LogP contribution in [-0.2, 0) is 4.79 Å². The Balaban J connectivity index is 1.91. The summed E-state index contributed by atoms with van der Waals surface area (Å²) in [7, 11) is 0. The van der Waals surface area contributed by atoms with Crippen molar-refractivity contribution in [3.63, 3.8) is 0 Å². The van der Waals surface area contributed by atoms with Crippen LogP contribution in [0.3, 0.4) is 0 Å². The minimum atomic E-state index is -0.400. The van der Waals surface area contributed by atoms with Gasteiger partial charge in [-0.15, -0.1) is 0 Å². The fourth-order valence-corrected chi connectivity index (χ4v) is 2.62. The topological polar surface area (TPSA) is 72.9 Å². The molecule has 0 aliphatic heterocycles. The molecule has 1 aliphatic carbocycles. The lowest BCUT2D eigenvalue weighted by atomic mass is 9.84. The standard InChI is InChI=1S/C14H24N4O/c1-10(2)18-9-12(8-16-18)17-14(19)13(15)11-6-4-3-5-7-11/h8-11,13H,3-7,15H2,1-2H3,(H,17,19)/t13-/m0/s1. The molecule has 1 aliphatic rings. The van der Waals surface area contributed by atoms with E-state index in [1.807, 2.05) is 24.7 Å². The highest BCUT2D eigenvalue weighted by Crippen LogP contribution is 2.26. The van der Waals surface area contributed by atoms with Crippen molar-refractivity contribution in [2.45, 2.75) is 58.0 Å². The molecule has 5 nitrogen and oxygen atoms in total. The molecule has 1 aromatic rings. The number of carbonyl (C=O) groups is 1. The first kappa shape index (κ1) is 14.1. The maximum atomic E-state index is 12.1. The number of hydrogen-bond donors (Lipinski definition) is 2. The van der Waals surface area contributed by atoms with Crippen LogP contribution in [0.25, 0.3) is 0 Å². The van der Waals surface area contributed by atoms with E-state index in [1.165, 1.54) is 19.3 Å². The van der Waals surface area contributed by atoms with Crippen molar-refractivity contribution in [2.24, 2.45) is 11.7 Å². The number of nitrogens with zero attached hydrogens (tertiary/aromatic N) is 2. The fraction of sp³-hybridized carbons (Fsp3) is 0.714. The van der Waals surface area contributed by atoms with Gasteiger partial charge in [0.15, 0.2) is 0 Å². The predicted octanol–water partition coefficient (Wildman–Crippen LogP) is 2.31. The molecule has 1 heterocycles. The van der Waals surface area contributed by atoms with Gasteiger partial charge in [0.25, 0.3) is 0 Å². The Morgan fingerprint density at radius 3 is 2.68 bits per heavy atom. The van der Waals surface area contributed by atoms with Gasteiger partial charge in [-0.1, -0.05) is 19.3 Å². The van der Waals surface area contributed by atoms with Crippen LogP contribution >= 0.6 is 0 Å². The van der Waals surface area contributed by atoms with Gasteiger partial charge in [0.2, 0.25) is 5.91 Å². The fourth-order valence-electron chi connectivity index (χ4n) is 2.62. The first-order valence-electron chi connectivity index (χ1n) is 7.18. The van der Waals surface area contributed by atoms with E-state index in [2.05, 4.69) is 10.4 Å². The van der Waals surface area contributed by atoms with E-state index in [-0.39, 0.29) is 11.9 Å². The summed E-state index contributed by atoms with van der Waals surface area (Å²) < 4.78 is 1.82. The van der Waals surface area contributed by atoms with Crippen molar-refractivity contribution in [2.75, 3.05) is 5.32 Å². The lowest BCUT2D eigenvalue weighted by Crippen LogP contribution is -2.42.